The Labute approximate surface area is 183 Å². The SMILES string of the molecule is CCOc1cc(/C=C(/C#N)C(=O)NCCc2c[nH]c3ccccc23)c(Br)cc1OC. The number of aromatic amines is 1. The standard InChI is InChI=1S/C23H22BrN3O3/c1-3-30-22-11-16(19(24)12-21(22)29-2)10-17(13-25)23(28)26-9-8-15-14-27-20-7-5-4-6-18(15)20/h4-7,10-12,14,27H,3,8-9H2,1-2H3,(H,26,28)/b17-10-. The van der Waals surface area contributed by atoms with Gasteiger partial charge in [-0.1, -0.05) is 34.1 Å². The summed E-state index contributed by atoms with van der Waals surface area (Å²) in [6.07, 6.45) is 4.14. The molecule has 7 heteroatoms. The van der Waals surface area contributed by atoms with Crippen LogP contribution in [0.1, 0.15) is 18.1 Å². The normalized spacial score (nSPS) is 11.2. The molecule has 0 aliphatic carbocycles. The number of para-hydroxylation sites is 1. The minimum Gasteiger partial charge on any atom is -0.493 e. The number of carbonyl (C=O) groups is 1. The average molecular weight is 468 g/mol. The maximum Gasteiger partial charge on any atom is 0.261 e. The quantitative estimate of drug-likeness (QED) is 0.374. The van der Waals surface area contributed by atoms with Crippen molar-refractivity contribution in [2.75, 3.05) is 20.3 Å². The molecule has 0 saturated heterocycles. The summed E-state index contributed by atoms with van der Waals surface area (Å²) in [5.41, 5.74) is 2.85. The molecule has 0 saturated carbocycles. The highest BCUT2D eigenvalue weighted by atomic mass is 79.9. The zero-order chi connectivity index (χ0) is 21.5. The van der Waals surface area contributed by atoms with Crippen LogP contribution < -0.4 is 14.8 Å². The summed E-state index contributed by atoms with van der Waals surface area (Å²) in [5.74, 6) is 0.701. The number of nitriles is 1. The van der Waals surface area contributed by atoms with Gasteiger partial charge < -0.3 is 19.8 Å². The molecule has 30 heavy (non-hydrogen) atoms. The molecule has 0 fully saturated rings. The Balaban J connectivity index is 1.72. The maximum absolute atomic E-state index is 12.5. The zero-order valence-electron chi connectivity index (χ0n) is 16.8. The second-order valence-electron chi connectivity index (χ2n) is 6.49. The Kier molecular flexibility index (Phi) is 7.15. The van der Waals surface area contributed by atoms with Crippen molar-refractivity contribution in [2.45, 2.75) is 13.3 Å². The number of nitrogens with one attached hydrogen (secondary N) is 2. The molecule has 1 aromatic heterocycles. The molecule has 3 aromatic rings. The number of aromatic nitrogens is 1. The van der Waals surface area contributed by atoms with E-state index in [1.165, 1.54) is 6.08 Å². The van der Waals surface area contributed by atoms with E-state index in [0.29, 0.717) is 41.1 Å². The lowest BCUT2D eigenvalue weighted by Gasteiger charge is -2.12. The van der Waals surface area contributed by atoms with Crippen LogP contribution >= 0.6 is 15.9 Å². The summed E-state index contributed by atoms with van der Waals surface area (Å²) in [5, 5.41) is 13.4. The number of benzene rings is 2. The van der Waals surface area contributed by atoms with Crippen LogP contribution in [0, 0.1) is 11.3 Å². The van der Waals surface area contributed by atoms with E-state index in [-0.39, 0.29) is 5.57 Å². The fraction of sp³-hybridized carbons (Fsp3) is 0.217. The van der Waals surface area contributed by atoms with Crippen molar-refractivity contribution < 1.29 is 14.3 Å². The molecule has 1 heterocycles. The Hall–Kier alpha value is -3.24. The van der Waals surface area contributed by atoms with Gasteiger partial charge in [0.05, 0.1) is 13.7 Å². The lowest BCUT2D eigenvalue weighted by molar-refractivity contribution is -0.117. The predicted octanol–water partition coefficient (Wildman–Crippen LogP) is 4.60. The monoisotopic (exact) mass is 467 g/mol. The van der Waals surface area contributed by atoms with Gasteiger partial charge in [0.1, 0.15) is 11.6 Å². The van der Waals surface area contributed by atoms with Crippen molar-refractivity contribution in [3.63, 3.8) is 0 Å². The number of nitrogens with zero attached hydrogens (tertiary/aromatic N) is 1. The minimum absolute atomic E-state index is 0.0160. The molecule has 0 bridgehead atoms. The topological polar surface area (TPSA) is 87.1 Å². The van der Waals surface area contributed by atoms with Crippen LogP contribution in [0.15, 0.2) is 52.6 Å². The van der Waals surface area contributed by atoms with Gasteiger partial charge in [-0.05, 0) is 48.7 Å². The van der Waals surface area contributed by atoms with E-state index >= 15 is 0 Å². The number of halogens is 1. The van der Waals surface area contributed by atoms with Crippen molar-refractivity contribution in [3.05, 3.63) is 63.8 Å². The van der Waals surface area contributed by atoms with Crippen LogP contribution in [-0.4, -0.2) is 31.2 Å². The Morgan fingerprint density at radius 1 is 1.30 bits per heavy atom. The highest BCUT2D eigenvalue weighted by Crippen LogP contribution is 2.34. The summed E-state index contributed by atoms with van der Waals surface area (Å²) in [6, 6.07) is 13.5. The van der Waals surface area contributed by atoms with Crippen molar-refractivity contribution >= 4 is 38.8 Å². The number of hydrogen-bond acceptors (Lipinski definition) is 4. The van der Waals surface area contributed by atoms with Gasteiger partial charge >= 0.3 is 0 Å². The second kappa shape index (κ2) is 9.99. The zero-order valence-corrected chi connectivity index (χ0v) is 18.4. The van der Waals surface area contributed by atoms with Gasteiger partial charge in [0.15, 0.2) is 11.5 Å². The van der Waals surface area contributed by atoms with Crippen molar-refractivity contribution in [1.82, 2.24) is 10.3 Å². The average Bonchev–Trinajstić information content (AvgIpc) is 3.17. The largest absolute Gasteiger partial charge is 0.493 e. The maximum atomic E-state index is 12.5. The molecule has 2 aromatic carbocycles. The Bertz CT molecular complexity index is 1130. The molecular formula is C23H22BrN3O3. The third-order valence-corrected chi connectivity index (χ3v) is 5.29. The molecular weight excluding hydrogens is 446 g/mol. The molecule has 0 atom stereocenters. The number of methoxy groups -OCH3 is 1. The molecule has 154 valence electrons. The Morgan fingerprint density at radius 3 is 2.83 bits per heavy atom. The number of carbonyl (C=O) groups excluding carboxylic acids is 1. The summed E-state index contributed by atoms with van der Waals surface area (Å²) in [7, 11) is 1.56. The van der Waals surface area contributed by atoms with Crippen LogP contribution in [0.3, 0.4) is 0 Å². The van der Waals surface area contributed by atoms with Crippen LogP contribution in [0.4, 0.5) is 0 Å². The van der Waals surface area contributed by atoms with E-state index in [9.17, 15) is 10.1 Å². The molecule has 0 radical (unpaired) electrons. The van der Waals surface area contributed by atoms with Gasteiger partial charge in [0, 0.05) is 28.1 Å². The highest BCUT2D eigenvalue weighted by molar-refractivity contribution is 9.10. The fourth-order valence-corrected chi connectivity index (χ4v) is 3.57. The van der Waals surface area contributed by atoms with Gasteiger partial charge in [-0.15, -0.1) is 0 Å². The number of H-pyrrole nitrogens is 1. The number of ether oxygens (including phenoxy) is 2. The van der Waals surface area contributed by atoms with Crippen molar-refractivity contribution in [3.8, 4) is 17.6 Å². The van der Waals surface area contributed by atoms with Crippen LogP contribution in [0.2, 0.25) is 0 Å². The Morgan fingerprint density at radius 2 is 2.10 bits per heavy atom. The first kappa shape index (κ1) is 21.5. The number of amides is 1. The van der Waals surface area contributed by atoms with E-state index < -0.39 is 5.91 Å². The summed E-state index contributed by atoms with van der Waals surface area (Å²) in [4.78, 5) is 15.8. The molecule has 0 unspecified atom stereocenters. The molecule has 6 nitrogen and oxygen atoms in total. The van der Waals surface area contributed by atoms with Crippen LogP contribution in [0.5, 0.6) is 11.5 Å². The van der Waals surface area contributed by atoms with Crippen molar-refractivity contribution in [2.24, 2.45) is 0 Å². The number of fused-ring (bicyclic) bond motifs is 1. The predicted molar refractivity (Wildman–Crippen MR) is 120 cm³/mol. The van der Waals surface area contributed by atoms with E-state index in [4.69, 9.17) is 9.47 Å². The van der Waals surface area contributed by atoms with Gasteiger partial charge in [-0.25, -0.2) is 0 Å². The van der Waals surface area contributed by atoms with E-state index in [1.807, 2.05) is 43.5 Å². The highest BCUT2D eigenvalue weighted by Gasteiger charge is 2.13. The van der Waals surface area contributed by atoms with Gasteiger partial charge in [0.25, 0.3) is 5.91 Å². The smallest absolute Gasteiger partial charge is 0.261 e. The van der Waals surface area contributed by atoms with Crippen LogP contribution in [-0.2, 0) is 11.2 Å². The third-order valence-electron chi connectivity index (χ3n) is 4.60. The molecule has 0 aliphatic rings. The van der Waals surface area contributed by atoms with Crippen LogP contribution in [0.25, 0.3) is 17.0 Å². The molecule has 0 spiro atoms. The molecule has 2 N–H and O–H groups in total. The molecule has 3 rings (SSSR count). The molecule has 1 amide bonds. The van der Waals surface area contributed by atoms with Gasteiger partial charge in [0.2, 0.25) is 0 Å². The first-order valence-electron chi connectivity index (χ1n) is 9.52. The number of rotatable bonds is 8. The lowest BCUT2D eigenvalue weighted by atomic mass is 10.1. The van der Waals surface area contributed by atoms with Crippen molar-refractivity contribution in [1.29, 1.82) is 5.26 Å². The first-order valence-corrected chi connectivity index (χ1v) is 10.3. The summed E-state index contributed by atoms with van der Waals surface area (Å²) < 4.78 is 11.6. The van der Waals surface area contributed by atoms with Gasteiger partial charge in [-0.2, -0.15) is 5.26 Å². The fourth-order valence-electron chi connectivity index (χ4n) is 3.14. The summed E-state index contributed by atoms with van der Waals surface area (Å²) >= 11 is 3.46. The summed E-state index contributed by atoms with van der Waals surface area (Å²) in [6.45, 7) is 2.77. The lowest BCUT2D eigenvalue weighted by Crippen LogP contribution is -2.26. The minimum atomic E-state index is -0.419. The first-order chi connectivity index (χ1) is 14.6. The van der Waals surface area contributed by atoms with E-state index in [2.05, 4.69) is 26.2 Å². The van der Waals surface area contributed by atoms with E-state index in [0.717, 1.165) is 16.5 Å². The molecule has 0 aliphatic heterocycles. The third kappa shape index (κ3) is 4.84. The number of hydrogen-bond donors (Lipinski definition) is 2. The van der Waals surface area contributed by atoms with E-state index in [1.54, 1.807) is 19.2 Å². The second-order valence-corrected chi connectivity index (χ2v) is 7.35. The van der Waals surface area contributed by atoms with Gasteiger partial charge in [-0.3, -0.25) is 4.79 Å².